The van der Waals surface area contributed by atoms with E-state index in [1.807, 2.05) is 13.8 Å². The molecule has 1 saturated heterocycles. The largest absolute Gasteiger partial charge is 0.368 e. The maximum Gasteiger partial charge on any atom is 0.230 e. The average Bonchev–Trinajstić information content (AvgIpc) is 2.55. The topological polar surface area (TPSA) is 136 Å². The summed E-state index contributed by atoms with van der Waals surface area (Å²) in [6.45, 7) is 10.6. The molecule has 10 heteroatoms. The Kier molecular flexibility index (Phi) is 5.61. The van der Waals surface area contributed by atoms with Gasteiger partial charge in [-0.3, -0.25) is 0 Å². The van der Waals surface area contributed by atoms with Crippen LogP contribution in [0.3, 0.4) is 0 Å². The molecule has 0 spiro atoms. The summed E-state index contributed by atoms with van der Waals surface area (Å²) in [5.74, 6) is 2.93. The first kappa shape index (κ1) is 17.6. The second-order valence-corrected chi connectivity index (χ2v) is 5.06. The van der Waals surface area contributed by atoms with Crippen LogP contribution in [-0.4, -0.2) is 56.1 Å². The highest BCUT2D eigenvalue weighted by Gasteiger charge is 2.22. The van der Waals surface area contributed by atoms with Crippen molar-refractivity contribution in [3.63, 3.8) is 0 Å². The molecule has 0 radical (unpaired) electrons. The quantitative estimate of drug-likeness (QED) is 0.784. The zero-order valence-corrected chi connectivity index (χ0v) is 14.6. The summed E-state index contributed by atoms with van der Waals surface area (Å²) in [6, 6.07) is 0. The number of anilines is 4. The second-order valence-electron chi connectivity index (χ2n) is 5.06. The standard InChI is InChI=1S/C12H18N10.C2H6/c1-7-15-9(13)19-11(17-7)21-3-5-22(6-4-21)12-18-8(2)16-10(14)20-12;1-2/h3-6H2,1-2H3,(H2,13,15,17,19)(H2,14,16,18,20);1-2H3. The van der Waals surface area contributed by atoms with Gasteiger partial charge >= 0.3 is 0 Å². The molecule has 1 aliphatic heterocycles. The molecule has 1 aliphatic rings. The van der Waals surface area contributed by atoms with Crippen LogP contribution in [0.25, 0.3) is 0 Å². The zero-order valence-electron chi connectivity index (χ0n) is 14.6. The zero-order chi connectivity index (χ0) is 17.7. The summed E-state index contributed by atoms with van der Waals surface area (Å²) in [5, 5.41) is 0. The van der Waals surface area contributed by atoms with E-state index in [0.29, 0.717) is 23.5 Å². The van der Waals surface area contributed by atoms with Crippen molar-refractivity contribution in [2.45, 2.75) is 27.7 Å². The van der Waals surface area contributed by atoms with E-state index < -0.39 is 0 Å². The molecule has 0 saturated carbocycles. The van der Waals surface area contributed by atoms with Crippen molar-refractivity contribution in [3.8, 4) is 0 Å². The molecule has 0 aliphatic carbocycles. The highest BCUT2D eigenvalue weighted by Crippen LogP contribution is 2.16. The molecule has 1 fully saturated rings. The lowest BCUT2D eigenvalue weighted by Crippen LogP contribution is -2.48. The average molecular weight is 332 g/mol. The van der Waals surface area contributed by atoms with E-state index in [2.05, 4.69) is 39.7 Å². The minimum absolute atomic E-state index is 0.241. The van der Waals surface area contributed by atoms with E-state index >= 15 is 0 Å². The summed E-state index contributed by atoms with van der Waals surface area (Å²) in [5.41, 5.74) is 11.4. The Bertz CT molecular complexity index is 581. The third kappa shape index (κ3) is 4.15. The summed E-state index contributed by atoms with van der Waals surface area (Å²) in [6.07, 6.45) is 0. The first-order chi connectivity index (χ1) is 11.5. The first-order valence-electron chi connectivity index (χ1n) is 7.97. The van der Waals surface area contributed by atoms with Crippen LogP contribution in [0.4, 0.5) is 23.8 Å². The van der Waals surface area contributed by atoms with Crippen molar-refractivity contribution in [2.24, 2.45) is 0 Å². The van der Waals surface area contributed by atoms with Gasteiger partial charge in [0.25, 0.3) is 0 Å². The van der Waals surface area contributed by atoms with Crippen LogP contribution < -0.4 is 21.3 Å². The number of aromatic nitrogens is 6. The molecule has 3 rings (SSSR count). The first-order valence-corrected chi connectivity index (χ1v) is 7.97. The van der Waals surface area contributed by atoms with E-state index in [1.54, 1.807) is 13.8 Å². The van der Waals surface area contributed by atoms with Crippen molar-refractivity contribution in [1.29, 1.82) is 0 Å². The van der Waals surface area contributed by atoms with Crippen molar-refractivity contribution in [1.82, 2.24) is 29.9 Å². The summed E-state index contributed by atoms with van der Waals surface area (Å²) in [4.78, 5) is 29.1. The minimum atomic E-state index is 0.241. The number of hydrogen-bond acceptors (Lipinski definition) is 10. The molecule has 0 aromatic carbocycles. The molecule has 0 bridgehead atoms. The van der Waals surface area contributed by atoms with Crippen molar-refractivity contribution >= 4 is 23.8 Å². The van der Waals surface area contributed by atoms with Gasteiger partial charge in [-0.15, -0.1) is 0 Å². The molecular formula is C14H24N10. The Morgan fingerprint density at radius 3 is 1.25 bits per heavy atom. The van der Waals surface area contributed by atoms with Crippen LogP contribution in [0, 0.1) is 13.8 Å². The van der Waals surface area contributed by atoms with Crippen LogP contribution >= 0.6 is 0 Å². The molecule has 24 heavy (non-hydrogen) atoms. The molecule has 0 amide bonds. The Hall–Kier alpha value is -2.78. The van der Waals surface area contributed by atoms with Crippen molar-refractivity contribution < 1.29 is 0 Å². The molecule has 0 unspecified atom stereocenters. The molecule has 2 aromatic rings. The maximum atomic E-state index is 5.68. The predicted molar refractivity (Wildman–Crippen MR) is 93.7 cm³/mol. The number of nitrogen functional groups attached to an aromatic ring is 2. The lowest BCUT2D eigenvalue weighted by atomic mass is 10.3. The van der Waals surface area contributed by atoms with Gasteiger partial charge in [-0.05, 0) is 13.8 Å². The van der Waals surface area contributed by atoms with Gasteiger partial charge in [0.15, 0.2) is 0 Å². The molecule has 130 valence electrons. The third-order valence-electron chi connectivity index (χ3n) is 3.35. The molecule has 4 N–H and O–H groups in total. The number of nitrogens with zero attached hydrogens (tertiary/aromatic N) is 8. The van der Waals surface area contributed by atoms with Crippen LogP contribution in [0.2, 0.25) is 0 Å². The van der Waals surface area contributed by atoms with E-state index in [4.69, 9.17) is 11.5 Å². The molecule has 10 nitrogen and oxygen atoms in total. The monoisotopic (exact) mass is 332 g/mol. The smallest absolute Gasteiger partial charge is 0.230 e. The van der Waals surface area contributed by atoms with Crippen LogP contribution in [0.1, 0.15) is 25.5 Å². The Morgan fingerprint density at radius 2 is 0.958 bits per heavy atom. The van der Waals surface area contributed by atoms with Crippen molar-refractivity contribution in [2.75, 3.05) is 47.4 Å². The number of aryl methyl sites for hydroxylation is 2. The number of rotatable bonds is 2. The molecule has 0 atom stereocenters. The fourth-order valence-corrected chi connectivity index (χ4v) is 2.37. The highest BCUT2D eigenvalue weighted by atomic mass is 15.4. The second kappa shape index (κ2) is 7.66. The minimum Gasteiger partial charge on any atom is -0.368 e. The number of piperazine rings is 1. The van der Waals surface area contributed by atoms with Gasteiger partial charge in [-0.1, -0.05) is 13.8 Å². The fraction of sp³-hybridized carbons (Fsp3) is 0.571. The Labute approximate surface area is 141 Å². The highest BCUT2D eigenvalue weighted by molar-refractivity contribution is 5.41. The summed E-state index contributed by atoms with van der Waals surface area (Å²) in [7, 11) is 0. The van der Waals surface area contributed by atoms with Gasteiger partial charge in [-0.25, -0.2) is 0 Å². The normalized spacial score (nSPS) is 14.2. The summed E-state index contributed by atoms with van der Waals surface area (Å²) < 4.78 is 0. The van der Waals surface area contributed by atoms with Crippen LogP contribution in [0.15, 0.2) is 0 Å². The van der Waals surface area contributed by atoms with Gasteiger partial charge in [0.05, 0.1) is 0 Å². The lowest BCUT2D eigenvalue weighted by Gasteiger charge is -2.34. The fourth-order valence-electron chi connectivity index (χ4n) is 2.37. The summed E-state index contributed by atoms with van der Waals surface area (Å²) >= 11 is 0. The van der Waals surface area contributed by atoms with Crippen molar-refractivity contribution in [3.05, 3.63) is 11.6 Å². The Morgan fingerprint density at radius 1 is 0.625 bits per heavy atom. The predicted octanol–water partition coefficient (Wildman–Crippen LogP) is 0.191. The van der Waals surface area contributed by atoms with Crippen LogP contribution in [0.5, 0.6) is 0 Å². The van der Waals surface area contributed by atoms with E-state index in [0.717, 1.165) is 26.2 Å². The van der Waals surface area contributed by atoms with Gasteiger partial charge < -0.3 is 21.3 Å². The molecule has 3 heterocycles. The maximum absolute atomic E-state index is 5.68. The Balaban J connectivity index is 0.00000100. The van der Waals surface area contributed by atoms with Gasteiger partial charge in [0.1, 0.15) is 11.6 Å². The lowest BCUT2D eigenvalue weighted by molar-refractivity contribution is 0.624. The van der Waals surface area contributed by atoms with Crippen LogP contribution in [-0.2, 0) is 0 Å². The van der Waals surface area contributed by atoms with Gasteiger partial charge in [0.2, 0.25) is 23.8 Å². The SMILES string of the molecule is CC.Cc1nc(N)nc(N2CCN(c3nc(C)nc(N)n3)CC2)n1. The van der Waals surface area contributed by atoms with Gasteiger partial charge in [0, 0.05) is 26.2 Å². The number of hydrogen-bond donors (Lipinski definition) is 2. The number of nitrogens with two attached hydrogens (primary N) is 2. The van der Waals surface area contributed by atoms with E-state index in [9.17, 15) is 0 Å². The third-order valence-corrected chi connectivity index (χ3v) is 3.35. The van der Waals surface area contributed by atoms with E-state index in [1.165, 1.54) is 0 Å². The molecule has 2 aromatic heterocycles. The molecular weight excluding hydrogens is 308 g/mol. The van der Waals surface area contributed by atoms with Gasteiger partial charge in [-0.2, -0.15) is 29.9 Å². The van der Waals surface area contributed by atoms with E-state index in [-0.39, 0.29) is 11.9 Å².